The minimum Gasteiger partial charge on any atom is -0.507 e. The number of carbonyl (C=O) groups excluding carboxylic acids is 2. The third kappa shape index (κ3) is 5.10. The van der Waals surface area contributed by atoms with Gasteiger partial charge >= 0.3 is 0 Å². The van der Waals surface area contributed by atoms with Crippen molar-refractivity contribution in [3.8, 4) is 17.2 Å². The van der Waals surface area contributed by atoms with Crippen molar-refractivity contribution >= 4 is 33.4 Å². The summed E-state index contributed by atoms with van der Waals surface area (Å²) < 4.78 is 11.1. The summed E-state index contributed by atoms with van der Waals surface area (Å²) in [4.78, 5) is 29.5. The van der Waals surface area contributed by atoms with Gasteiger partial charge in [-0.3, -0.25) is 9.59 Å². The van der Waals surface area contributed by atoms with Crippen molar-refractivity contribution < 1.29 is 29.3 Å². The van der Waals surface area contributed by atoms with E-state index in [1.165, 1.54) is 12.0 Å². The number of hydrogen-bond acceptors (Lipinski definition) is 7. The minimum absolute atomic E-state index is 0.0387. The van der Waals surface area contributed by atoms with Crippen LogP contribution in [0.1, 0.15) is 17.2 Å². The lowest BCUT2D eigenvalue weighted by Crippen LogP contribution is -2.35. The fourth-order valence-corrected chi connectivity index (χ4v) is 4.15. The molecule has 0 spiro atoms. The fraction of sp³-hybridized carbons (Fsp3) is 0.280. The number of likely N-dealkylation sites (tertiary alicyclic amines) is 1. The van der Waals surface area contributed by atoms with E-state index in [1.807, 2.05) is 19.0 Å². The normalized spacial score (nSPS) is 17.3. The lowest BCUT2D eigenvalue weighted by atomic mass is 9.95. The average Bonchev–Trinajstić information content (AvgIpc) is 3.07. The zero-order valence-electron chi connectivity index (χ0n) is 19.2. The summed E-state index contributed by atoms with van der Waals surface area (Å²) in [5, 5.41) is 21.4. The highest BCUT2D eigenvalue weighted by atomic mass is 79.9. The SMILES string of the molecule is C=CCOc1ccc(C(O)=C2C(=O)C(=O)N(CCN(C)C)[C@@H]2c2cc(Br)c(O)c(OC)c2)cc1. The van der Waals surface area contributed by atoms with Crippen LogP contribution >= 0.6 is 15.9 Å². The quantitative estimate of drug-likeness (QED) is 0.220. The fourth-order valence-electron chi connectivity index (χ4n) is 3.69. The first kappa shape index (κ1) is 25.3. The number of Topliss-reactive ketones (excluding diaryl/α,β-unsaturated/α-hetero) is 1. The summed E-state index contributed by atoms with van der Waals surface area (Å²) in [5.74, 6) is -1.14. The van der Waals surface area contributed by atoms with Crippen molar-refractivity contribution in [3.63, 3.8) is 0 Å². The van der Waals surface area contributed by atoms with Gasteiger partial charge in [0.15, 0.2) is 11.5 Å². The first-order valence-electron chi connectivity index (χ1n) is 10.5. The molecule has 0 aliphatic carbocycles. The second-order valence-electron chi connectivity index (χ2n) is 7.97. The summed E-state index contributed by atoms with van der Waals surface area (Å²) in [6.45, 7) is 4.71. The summed E-state index contributed by atoms with van der Waals surface area (Å²) >= 11 is 3.30. The Hall–Kier alpha value is -3.30. The number of likely N-dealkylation sites (N-methyl/N-ethyl adjacent to an activating group) is 1. The smallest absolute Gasteiger partial charge is 0.295 e. The molecule has 34 heavy (non-hydrogen) atoms. The number of aromatic hydroxyl groups is 1. The Morgan fingerprint density at radius 3 is 2.50 bits per heavy atom. The number of phenols is 1. The predicted molar refractivity (Wildman–Crippen MR) is 132 cm³/mol. The largest absolute Gasteiger partial charge is 0.507 e. The molecule has 0 bridgehead atoms. The van der Waals surface area contributed by atoms with E-state index in [2.05, 4.69) is 22.5 Å². The summed E-state index contributed by atoms with van der Waals surface area (Å²) in [6, 6.07) is 8.85. The Balaban J connectivity index is 2.14. The molecule has 8 nitrogen and oxygen atoms in total. The van der Waals surface area contributed by atoms with Crippen LogP contribution in [0.2, 0.25) is 0 Å². The van der Waals surface area contributed by atoms with Crippen molar-refractivity contribution in [1.82, 2.24) is 9.80 Å². The number of hydrogen-bond donors (Lipinski definition) is 2. The van der Waals surface area contributed by atoms with Crippen LogP contribution in [0.15, 0.2) is 59.1 Å². The molecule has 3 rings (SSSR count). The molecule has 1 aliphatic heterocycles. The molecule has 2 N–H and O–H groups in total. The molecule has 2 aromatic rings. The van der Waals surface area contributed by atoms with Gasteiger partial charge in [-0.15, -0.1) is 0 Å². The number of rotatable bonds is 9. The maximum Gasteiger partial charge on any atom is 0.295 e. The minimum atomic E-state index is -0.873. The maximum atomic E-state index is 13.1. The van der Waals surface area contributed by atoms with Gasteiger partial charge < -0.3 is 29.5 Å². The molecule has 1 saturated heterocycles. The topological polar surface area (TPSA) is 99.5 Å². The van der Waals surface area contributed by atoms with Crippen LogP contribution in [-0.2, 0) is 9.59 Å². The summed E-state index contributed by atoms with van der Waals surface area (Å²) in [5.41, 5.74) is 0.835. The molecule has 0 unspecified atom stereocenters. The Morgan fingerprint density at radius 2 is 1.91 bits per heavy atom. The number of benzene rings is 2. The van der Waals surface area contributed by atoms with E-state index in [0.717, 1.165) is 0 Å². The van der Waals surface area contributed by atoms with E-state index in [0.29, 0.717) is 34.5 Å². The molecule has 2 aromatic carbocycles. The molecule has 1 heterocycles. The van der Waals surface area contributed by atoms with Crippen LogP contribution < -0.4 is 9.47 Å². The maximum absolute atomic E-state index is 13.1. The number of methoxy groups -OCH3 is 1. The Kier molecular flexibility index (Phi) is 8.01. The lowest BCUT2D eigenvalue weighted by molar-refractivity contribution is -0.140. The number of ketones is 1. The van der Waals surface area contributed by atoms with E-state index in [4.69, 9.17) is 9.47 Å². The molecule has 1 amide bonds. The molecule has 1 fully saturated rings. The van der Waals surface area contributed by atoms with E-state index in [9.17, 15) is 19.8 Å². The van der Waals surface area contributed by atoms with E-state index in [-0.39, 0.29) is 29.4 Å². The number of aliphatic hydroxyl groups excluding tert-OH is 1. The molecule has 1 atom stereocenters. The summed E-state index contributed by atoms with van der Waals surface area (Å²) in [7, 11) is 5.13. The van der Waals surface area contributed by atoms with Gasteiger partial charge in [0.1, 0.15) is 18.1 Å². The van der Waals surface area contributed by atoms with Gasteiger partial charge in [0, 0.05) is 18.7 Å². The second kappa shape index (κ2) is 10.8. The molecule has 180 valence electrons. The van der Waals surface area contributed by atoms with Gasteiger partial charge in [0.25, 0.3) is 11.7 Å². The van der Waals surface area contributed by atoms with Crippen LogP contribution in [-0.4, -0.2) is 72.6 Å². The van der Waals surface area contributed by atoms with Gasteiger partial charge in [-0.1, -0.05) is 12.7 Å². The molecule has 1 aliphatic rings. The third-order valence-electron chi connectivity index (χ3n) is 5.41. The number of phenolic OH excluding ortho intramolecular Hbond substituents is 1. The number of ether oxygens (including phenoxy) is 2. The molecule has 0 radical (unpaired) electrons. The number of amides is 1. The highest BCUT2D eigenvalue weighted by Gasteiger charge is 2.46. The van der Waals surface area contributed by atoms with Gasteiger partial charge in [0.2, 0.25) is 0 Å². The van der Waals surface area contributed by atoms with E-state index in [1.54, 1.807) is 42.5 Å². The van der Waals surface area contributed by atoms with Crippen LogP contribution in [0.5, 0.6) is 17.2 Å². The van der Waals surface area contributed by atoms with Crippen LogP contribution in [0.4, 0.5) is 0 Å². The van der Waals surface area contributed by atoms with Crippen molar-refractivity contribution in [3.05, 3.63) is 70.2 Å². The Morgan fingerprint density at radius 1 is 1.24 bits per heavy atom. The molecule has 0 aromatic heterocycles. The predicted octanol–water partition coefficient (Wildman–Crippen LogP) is 3.71. The van der Waals surface area contributed by atoms with Crippen LogP contribution in [0.25, 0.3) is 5.76 Å². The first-order valence-corrected chi connectivity index (χ1v) is 11.3. The second-order valence-corrected chi connectivity index (χ2v) is 8.83. The molecule has 0 saturated carbocycles. The number of halogens is 1. The van der Waals surface area contributed by atoms with Crippen molar-refractivity contribution in [2.24, 2.45) is 0 Å². The third-order valence-corrected chi connectivity index (χ3v) is 6.01. The Bertz CT molecular complexity index is 1130. The highest BCUT2D eigenvalue weighted by Crippen LogP contribution is 2.44. The van der Waals surface area contributed by atoms with Gasteiger partial charge in [0.05, 0.1) is 23.2 Å². The number of carbonyl (C=O) groups is 2. The molecule has 9 heteroatoms. The lowest BCUT2D eigenvalue weighted by Gasteiger charge is -2.27. The number of aliphatic hydroxyl groups is 1. The van der Waals surface area contributed by atoms with Crippen molar-refractivity contribution in [1.29, 1.82) is 0 Å². The van der Waals surface area contributed by atoms with Gasteiger partial charge in [-0.25, -0.2) is 0 Å². The first-order chi connectivity index (χ1) is 16.2. The van der Waals surface area contributed by atoms with Crippen molar-refractivity contribution in [2.75, 3.05) is 40.9 Å². The average molecular weight is 531 g/mol. The highest BCUT2D eigenvalue weighted by molar-refractivity contribution is 9.10. The van der Waals surface area contributed by atoms with Crippen LogP contribution in [0.3, 0.4) is 0 Å². The van der Waals surface area contributed by atoms with Crippen LogP contribution in [0, 0.1) is 0 Å². The Labute approximate surface area is 206 Å². The van der Waals surface area contributed by atoms with Gasteiger partial charge in [-0.05, 0) is 72.0 Å². The summed E-state index contributed by atoms with van der Waals surface area (Å²) in [6.07, 6.45) is 1.62. The van der Waals surface area contributed by atoms with E-state index < -0.39 is 17.7 Å². The van der Waals surface area contributed by atoms with Gasteiger partial charge in [-0.2, -0.15) is 0 Å². The van der Waals surface area contributed by atoms with Crippen molar-refractivity contribution in [2.45, 2.75) is 6.04 Å². The zero-order chi connectivity index (χ0) is 25.0. The monoisotopic (exact) mass is 530 g/mol. The zero-order valence-corrected chi connectivity index (χ0v) is 20.8. The standard InChI is InChI=1S/C25H27BrN2O6/c1-5-12-34-17-8-6-15(7-9-17)22(29)20-21(16-13-18(26)23(30)19(14-16)33-4)28(11-10-27(2)3)25(32)24(20)31/h5-9,13-14,21,29-30H,1,10-12H2,2-4H3/t21-/m1/s1. The van der Waals surface area contributed by atoms with E-state index >= 15 is 0 Å². The molecular weight excluding hydrogens is 504 g/mol. The molecular formula is C25H27BrN2O6. The number of nitrogens with zero attached hydrogens (tertiary/aromatic N) is 2.